The van der Waals surface area contributed by atoms with Crippen molar-refractivity contribution < 1.29 is 15.0 Å². The number of carbonyl (C=O) groups excluding carboxylic acids is 1. The van der Waals surface area contributed by atoms with E-state index in [1.807, 2.05) is 31.2 Å². The molecule has 0 radical (unpaired) electrons. The first-order valence-corrected chi connectivity index (χ1v) is 12.3. The van der Waals surface area contributed by atoms with Gasteiger partial charge >= 0.3 is 0 Å². The van der Waals surface area contributed by atoms with Gasteiger partial charge in [0.1, 0.15) is 6.10 Å². The van der Waals surface area contributed by atoms with E-state index >= 15 is 0 Å². The predicted molar refractivity (Wildman–Crippen MR) is 124 cm³/mol. The molecule has 1 aromatic rings. The highest BCUT2D eigenvalue weighted by Crippen LogP contribution is 2.41. The highest BCUT2D eigenvalue weighted by Gasteiger charge is 2.47. The summed E-state index contributed by atoms with van der Waals surface area (Å²) in [6, 6.07) is 8.79. The smallest absolute Gasteiger partial charge is 0.254 e. The Labute approximate surface area is 193 Å². The molecule has 4 rings (SSSR count). The van der Waals surface area contributed by atoms with Crippen LogP contribution in [0, 0.1) is 11.8 Å². The predicted octanol–water partition coefficient (Wildman–Crippen LogP) is 2.71. The lowest BCUT2D eigenvalue weighted by Gasteiger charge is -2.39. The molecule has 1 aromatic carbocycles. The van der Waals surface area contributed by atoms with Crippen LogP contribution < -0.4 is 10.6 Å². The van der Waals surface area contributed by atoms with Crippen LogP contribution in [0.2, 0.25) is 0 Å². The molecule has 0 aromatic heterocycles. The van der Waals surface area contributed by atoms with E-state index in [0.717, 1.165) is 16.5 Å². The maximum atomic E-state index is 13.0. The van der Waals surface area contributed by atoms with Crippen molar-refractivity contribution in [2.24, 2.45) is 11.8 Å². The van der Waals surface area contributed by atoms with Crippen molar-refractivity contribution >= 4 is 21.8 Å². The number of hydrogen-bond acceptors (Lipinski definition) is 5. The quantitative estimate of drug-likeness (QED) is 0.491. The summed E-state index contributed by atoms with van der Waals surface area (Å²) >= 11 is 3.42. The highest BCUT2D eigenvalue weighted by molar-refractivity contribution is 9.10. The molecule has 170 valence electrons. The summed E-state index contributed by atoms with van der Waals surface area (Å²) in [6.45, 7) is 7.11. The molecule has 3 aliphatic rings. The Bertz CT molecular complexity index is 802. The zero-order valence-corrected chi connectivity index (χ0v) is 19.7. The number of rotatable bonds is 6. The van der Waals surface area contributed by atoms with Crippen molar-refractivity contribution in [3.8, 4) is 0 Å². The fraction of sp³-hybridized carbons (Fsp3) is 0.625. The van der Waals surface area contributed by atoms with Gasteiger partial charge in [-0.3, -0.25) is 4.79 Å². The normalized spacial score (nSPS) is 30.6. The fourth-order valence-corrected chi connectivity index (χ4v) is 5.95. The Morgan fingerprint density at radius 2 is 1.81 bits per heavy atom. The van der Waals surface area contributed by atoms with E-state index in [4.69, 9.17) is 0 Å². The Morgan fingerprint density at radius 3 is 2.55 bits per heavy atom. The van der Waals surface area contributed by atoms with Gasteiger partial charge in [0.15, 0.2) is 6.10 Å². The largest absolute Gasteiger partial charge is 0.384 e. The molecule has 6 nitrogen and oxygen atoms in total. The van der Waals surface area contributed by atoms with Gasteiger partial charge in [0.2, 0.25) is 0 Å². The summed E-state index contributed by atoms with van der Waals surface area (Å²) < 4.78 is 0.990. The molecule has 1 saturated carbocycles. The number of aliphatic hydroxyl groups is 2. The van der Waals surface area contributed by atoms with Gasteiger partial charge in [-0.15, -0.1) is 0 Å². The van der Waals surface area contributed by atoms with Crippen LogP contribution in [0.5, 0.6) is 0 Å². The minimum atomic E-state index is -1.51. The van der Waals surface area contributed by atoms with E-state index in [1.165, 1.54) is 25.7 Å². The fourth-order valence-electron chi connectivity index (χ4n) is 5.69. The molecule has 7 atom stereocenters. The van der Waals surface area contributed by atoms with Crippen LogP contribution in [-0.4, -0.2) is 58.4 Å². The Hall–Kier alpha value is -1.41. The molecule has 0 spiro atoms. The lowest BCUT2D eigenvalue weighted by Crippen LogP contribution is -2.53. The van der Waals surface area contributed by atoms with E-state index in [0.29, 0.717) is 37.0 Å². The molecule has 7 heteroatoms. The molecular formula is C24H34BrN3O3. The van der Waals surface area contributed by atoms with Gasteiger partial charge in [0.25, 0.3) is 5.91 Å². The minimum Gasteiger partial charge on any atom is -0.384 e. The number of hydrogen-bond donors (Lipinski definition) is 4. The van der Waals surface area contributed by atoms with Crippen LogP contribution >= 0.6 is 15.9 Å². The van der Waals surface area contributed by atoms with Crippen molar-refractivity contribution in [3.05, 3.63) is 46.6 Å². The van der Waals surface area contributed by atoms with Gasteiger partial charge in [-0.2, -0.15) is 0 Å². The van der Waals surface area contributed by atoms with Crippen LogP contribution in [0.15, 0.2) is 41.0 Å². The summed E-state index contributed by atoms with van der Waals surface area (Å²) in [5.74, 6) is 0.676. The topological polar surface area (TPSA) is 84.8 Å². The molecule has 1 amide bonds. The number of aliphatic hydroxyl groups excluding tert-OH is 2. The van der Waals surface area contributed by atoms with Gasteiger partial charge < -0.3 is 25.7 Å². The van der Waals surface area contributed by atoms with Crippen LogP contribution in [-0.2, 0) is 4.79 Å². The monoisotopic (exact) mass is 491 g/mol. The second kappa shape index (κ2) is 9.61. The third-order valence-corrected chi connectivity index (χ3v) is 7.98. The number of fused-ring (bicyclic) bond motifs is 3. The van der Waals surface area contributed by atoms with Gasteiger partial charge in [-0.05, 0) is 55.7 Å². The SMILES string of the molecule is C=C(NC(C)c1ccc(Br)cc1)C(O)C(O)C(=O)N1CCC2N[C@H]3CCCCC3C2C1. The first kappa shape index (κ1) is 22.8. The average molecular weight is 492 g/mol. The zero-order chi connectivity index (χ0) is 22.1. The minimum absolute atomic E-state index is 0.110. The van der Waals surface area contributed by atoms with E-state index in [9.17, 15) is 15.0 Å². The first-order chi connectivity index (χ1) is 14.8. The summed E-state index contributed by atoms with van der Waals surface area (Å²) in [4.78, 5) is 14.8. The van der Waals surface area contributed by atoms with Crippen molar-refractivity contribution in [2.45, 2.75) is 69.4 Å². The van der Waals surface area contributed by atoms with Gasteiger partial charge in [0, 0.05) is 41.4 Å². The van der Waals surface area contributed by atoms with Crippen molar-refractivity contribution in [1.82, 2.24) is 15.5 Å². The van der Waals surface area contributed by atoms with Gasteiger partial charge in [0.05, 0.1) is 0 Å². The van der Waals surface area contributed by atoms with E-state index in [-0.39, 0.29) is 11.7 Å². The van der Waals surface area contributed by atoms with E-state index in [1.54, 1.807) is 4.90 Å². The number of likely N-dealkylation sites (tertiary alicyclic amines) is 1. The zero-order valence-electron chi connectivity index (χ0n) is 18.1. The number of nitrogens with zero attached hydrogens (tertiary/aromatic N) is 1. The maximum Gasteiger partial charge on any atom is 0.254 e. The van der Waals surface area contributed by atoms with Crippen LogP contribution in [0.4, 0.5) is 0 Å². The maximum absolute atomic E-state index is 13.0. The molecule has 1 aliphatic carbocycles. The van der Waals surface area contributed by atoms with E-state index in [2.05, 4.69) is 33.1 Å². The van der Waals surface area contributed by atoms with Crippen LogP contribution in [0.25, 0.3) is 0 Å². The van der Waals surface area contributed by atoms with E-state index < -0.39 is 18.1 Å². The van der Waals surface area contributed by atoms with Gasteiger partial charge in [-0.25, -0.2) is 0 Å². The Kier molecular flexibility index (Phi) is 7.06. The summed E-state index contributed by atoms with van der Waals surface area (Å²) in [7, 11) is 0. The summed E-state index contributed by atoms with van der Waals surface area (Å²) in [5, 5.41) is 28.2. The molecule has 31 heavy (non-hydrogen) atoms. The lowest BCUT2D eigenvalue weighted by atomic mass is 9.76. The standard InChI is InChI=1S/C24H34BrN3O3/c1-14(16-7-9-17(25)10-8-16)26-15(2)22(29)23(30)24(31)28-12-11-21-19(13-28)18-5-3-4-6-20(18)27-21/h7-10,14,18-23,26-27,29-30H,2-6,11-13H2,1H3/t14?,18?,19?,20-,21?,22?,23?/m0/s1. The van der Waals surface area contributed by atoms with Crippen LogP contribution in [0.3, 0.4) is 0 Å². The Balaban J connectivity index is 1.33. The number of halogens is 1. The molecule has 6 unspecified atom stereocenters. The Morgan fingerprint density at radius 1 is 1.13 bits per heavy atom. The molecule has 2 aliphatic heterocycles. The number of nitrogens with one attached hydrogen (secondary N) is 2. The van der Waals surface area contributed by atoms with Crippen molar-refractivity contribution in [3.63, 3.8) is 0 Å². The van der Waals surface area contributed by atoms with Crippen molar-refractivity contribution in [2.75, 3.05) is 13.1 Å². The molecule has 2 heterocycles. The molecule has 4 N–H and O–H groups in total. The molecule has 0 bridgehead atoms. The number of piperidine rings is 1. The number of carbonyl (C=O) groups is 1. The molecule has 3 fully saturated rings. The summed E-state index contributed by atoms with van der Waals surface area (Å²) in [5.41, 5.74) is 1.27. The van der Waals surface area contributed by atoms with Gasteiger partial charge in [-0.1, -0.05) is 47.5 Å². The highest BCUT2D eigenvalue weighted by atomic mass is 79.9. The number of amides is 1. The molecular weight excluding hydrogens is 458 g/mol. The second-order valence-corrected chi connectivity index (χ2v) is 10.3. The summed E-state index contributed by atoms with van der Waals surface area (Å²) in [6.07, 6.45) is 3.05. The third kappa shape index (κ3) is 4.85. The van der Waals surface area contributed by atoms with Crippen LogP contribution in [0.1, 0.15) is 50.6 Å². The molecule has 2 saturated heterocycles. The number of benzene rings is 1. The third-order valence-electron chi connectivity index (χ3n) is 7.45. The second-order valence-electron chi connectivity index (χ2n) is 9.40. The first-order valence-electron chi connectivity index (χ1n) is 11.5. The van der Waals surface area contributed by atoms with Crippen molar-refractivity contribution in [1.29, 1.82) is 0 Å². The lowest BCUT2D eigenvalue weighted by molar-refractivity contribution is -0.147. The average Bonchev–Trinajstić information content (AvgIpc) is 3.15.